The maximum absolute atomic E-state index is 8.85. The lowest BCUT2D eigenvalue weighted by Crippen LogP contribution is -3.00. The van der Waals surface area contributed by atoms with Crippen molar-refractivity contribution in [1.82, 2.24) is 10.2 Å². The summed E-state index contributed by atoms with van der Waals surface area (Å²) < 4.78 is 0. The molecule has 0 fully saturated rings. The summed E-state index contributed by atoms with van der Waals surface area (Å²) in [4.78, 5) is 6.58. The van der Waals surface area contributed by atoms with Crippen molar-refractivity contribution >= 4 is 16.9 Å². The van der Waals surface area contributed by atoms with Crippen LogP contribution in [-0.2, 0) is 0 Å². The molecule has 0 bridgehead atoms. The van der Waals surface area contributed by atoms with Crippen LogP contribution in [0.4, 0.5) is 0 Å². The predicted molar refractivity (Wildman–Crippen MR) is 89.2 cm³/mol. The lowest BCUT2D eigenvalue weighted by atomic mass is 10.1. The van der Waals surface area contributed by atoms with E-state index in [0.29, 0.717) is 13.2 Å². The molecule has 0 saturated carbocycles. The van der Waals surface area contributed by atoms with Crippen molar-refractivity contribution < 1.29 is 22.1 Å². The van der Waals surface area contributed by atoms with Gasteiger partial charge < -0.3 is 27.4 Å². The third-order valence-electron chi connectivity index (χ3n) is 3.52. The number of aliphatic hydroxyl groups is 1. The third kappa shape index (κ3) is 11.4. The number of hydrogen-bond acceptors (Lipinski definition) is 5. The van der Waals surface area contributed by atoms with E-state index >= 15 is 0 Å². The van der Waals surface area contributed by atoms with Crippen molar-refractivity contribution in [2.75, 3.05) is 32.2 Å². The van der Waals surface area contributed by atoms with Gasteiger partial charge in [0.25, 0.3) is 0 Å². The van der Waals surface area contributed by atoms with Crippen molar-refractivity contribution in [2.45, 2.75) is 58.3 Å². The van der Waals surface area contributed by atoms with Crippen molar-refractivity contribution in [3.8, 4) is 0 Å². The predicted octanol–water partition coefficient (Wildman–Crippen LogP) is 0.0328. The summed E-state index contributed by atoms with van der Waals surface area (Å²) in [6.07, 6.45) is 11.0. The van der Waals surface area contributed by atoms with E-state index in [1.54, 1.807) is 0 Å². The van der Waals surface area contributed by atoms with Gasteiger partial charge in [-0.3, -0.25) is 4.90 Å². The van der Waals surface area contributed by atoms with Gasteiger partial charge in [0.15, 0.2) is 5.17 Å². The summed E-state index contributed by atoms with van der Waals surface area (Å²) in [5.74, 6) is 1.17. The standard InChI is InChI=1S/C15H31N3OS.BrH/c1-2-3-4-5-6-7-8-9-12-20-15-16-13-18(10-11-19)14-17-15;/h19H,2-14H2,1H3,(H,16,17);1H/p-1. The summed E-state index contributed by atoms with van der Waals surface area (Å²) in [5, 5.41) is 13.2. The number of thioether (sulfide) groups is 1. The monoisotopic (exact) mass is 380 g/mol. The molecule has 1 aliphatic heterocycles. The minimum Gasteiger partial charge on any atom is -1.00 e. The number of nitrogens with zero attached hydrogens (tertiary/aromatic N) is 2. The summed E-state index contributed by atoms with van der Waals surface area (Å²) in [5.41, 5.74) is 0. The SMILES string of the molecule is CCCCCCCCCCSC1=NCN(CCO)CN1.[Br-]. The summed E-state index contributed by atoms with van der Waals surface area (Å²) in [7, 11) is 0. The Balaban J connectivity index is 0.00000400. The van der Waals surface area contributed by atoms with E-state index in [1.807, 2.05) is 11.8 Å². The first-order valence-electron chi connectivity index (χ1n) is 8.11. The van der Waals surface area contributed by atoms with Gasteiger partial charge in [-0.1, -0.05) is 63.6 Å². The molecular weight excluding hydrogens is 350 g/mol. The zero-order valence-electron chi connectivity index (χ0n) is 13.3. The zero-order chi connectivity index (χ0) is 14.5. The van der Waals surface area contributed by atoms with Gasteiger partial charge >= 0.3 is 0 Å². The Morgan fingerprint density at radius 3 is 2.38 bits per heavy atom. The van der Waals surface area contributed by atoms with Crippen LogP contribution in [0.15, 0.2) is 4.99 Å². The van der Waals surface area contributed by atoms with E-state index in [2.05, 4.69) is 22.1 Å². The number of aliphatic hydroxyl groups excluding tert-OH is 1. The first-order valence-corrected chi connectivity index (χ1v) is 9.09. The molecule has 0 aliphatic carbocycles. The van der Waals surface area contributed by atoms with Crippen molar-refractivity contribution in [3.63, 3.8) is 0 Å². The molecular formula is C15H31BrN3OS-. The molecule has 21 heavy (non-hydrogen) atoms. The van der Waals surface area contributed by atoms with Crippen LogP contribution >= 0.6 is 11.8 Å². The Morgan fingerprint density at radius 2 is 1.81 bits per heavy atom. The minimum absolute atomic E-state index is 0. The lowest BCUT2D eigenvalue weighted by molar-refractivity contribution is -0.00000543. The quantitative estimate of drug-likeness (QED) is 0.496. The van der Waals surface area contributed by atoms with Gasteiger partial charge in [0.1, 0.15) is 0 Å². The molecule has 126 valence electrons. The third-order valence-corrected chi connectivity index (χ3v) is 4.56. The van der Waals surface area contributed by atoms with Crippen molar-refractivity contribution in [2.24, 2.45) is 4.99 Å². The number of nitrogens with one attached hydrogen (secondary N) is 1. The van der Waals surface area contributed by atoms with Gasteiger partial charge in [0, 0.05) is 12.3 Å². The fourth-order valence-electron chi connectivity index (χ4n) is 2.24. The summed E-state index contributed by atoms with van der Waals surface area (Å²) >= 11 is 1.84. The highest BCUT2D eigenvalue weighted by atomic mass is 79.9. The van der Waals surface area contributed by atoms with E-state index in [1.165, 1.54) is 57.1 Å². The highest BCUT2D eigenvalue weighted by molar-refractivity contribution is 8.13. The van der Waals surface area contributed by atoms with Crippen molar-refractivity contribution in [3.05, 3.63) is 0 Å². The Labute approximate surface area is 144 Å². The second kappa shape index (κ2) is 15.1. The van der Waals surface area contributed by atoms with Gasteiger partial charge in [0.05, 0.1) is 19.9 Å². The molecule has 1 aliphatic rings. The fraction of sp³-hybridized carbons (Fsp3) is 0.933. The molecule has 0 aromatic heterocycles. The number of rotatable bonds is 11. The molecule has 0 atom stereocenters. The summed E-state index contributed by atoms with van der Waals surface area (Å²) in [6.45, 7) is 4.70. The number of halogens is 1. The van der Waals surface area contributed by atoms with Gasteiger partial charge in [-0.2, -0.15) is 0 Å². The average Bonchev–Trinajstić information content (AvgIpc) is 2.47. The first kappa shape index (κ1) is 21.2. The Hall–Kier alpha value is 0.220. The highest BCUT2D eigenvalue weighted by Gasteiger charge is 2.10. The molecule has 0 radical (unpaired) electrons. The molecule has 4 nitrogen and oxygen atoms in total. The molecule has 0 amide bonds. The van der Waals surface area contributed by atoms with Gasteiger partial charge in [-0.25, -0.2) is 4.99 Å². The molecule has 2 N–H and O–H groups in total. The molecule has 0 aromatic carbocycles. The van der Waals surface area contributed by atoms with Crippen LogP contribution in [0.1, 0.15) is 58.3 Å². The first-order chi connectivity index (χ1) is 9.86. The fourth-order valence-corrected chi connectivity index (χ4v) is 3.10. The number of unbranched alkanes of at least 4 members (excludes halogenated alkanes) is 7. The van der Waals surface area contributed by atoms with Gasteiger partial charge in [-0.15, -0.1) is 0 Å². The average molecular weight is 381 g/mol. The van der Waals surface area contributed by atoms with Crippen LogP contribution in [0, 0.1) is 0 Å². The number of aliphatic imine (C=N–C) groups is 1. The van der Waals surface area contributed by atoms with E-state index in [9.17, 15) is 0 Å². The van der Waals surface area contributed by atoms with E-state index in [0.717, 1.165) is 11.8 Å². The van der Waals surface area contributed by atoms with Crippen LogP contribution in [0.2, 0.25) is 0 Å². The van der Waals surface area contributed by atoms with Gasteiger partial charge in [0.2, 0.25) is 0 Å². The Bertz CT molecular complexity index is 267. The van der Waals surface area contributed by atoms with E-state index in [4.69, 9.17) is 5.11 Å². The summed E-state index contributed by atoms with van der Waals surface area (Å²) in [6, 6.07) is 0. The molecule has 0 spiro atoms. The van der Waals surface area contributed by atoms with Crippen LogP contribution in [0.3, 0.4) is 0 Å². The number of hydrogen-bond donors (Lipinski definition) is 2. The van der Waals surface area contributed by atoms with Gasteiger partial charge in [-0.05, 0) is 6.42 Å². The minimum atomic E-state index is 0. The Kier molecular flexibility index (Phi) is 15.3. The largest absolute Gasteiger partial charge is 1.00 e. The molecule has 6 heteroatoms. The van der Waals surface area contributed by atoms with Crippen LogP contribution in [0.5, 0.6) is 0 Å². The van der Waals surface area contributed by atoms with E-state index in [-0.39, 0.29) is 23.6 Å². The normalized spacial score (nSPS) is 15.2. The topological polar surface area (TPSA) is 47.9 Å². The highest BCUT2D eigenvalue weighted by Crippen LogP contribution is 2.12. The molecule has 1 heterocycles. The second-order valence-corrected chi connectivity index (χ2v) is 6.46. The molecule has 0 saturated heterocycles. The second-order valence-electron chi connectivity index (χ2n) is 5.38. The Morgan fingerprint density at radius 1 is 1.14 bits per heavy atom. The van der Waals surface area contributed by atoms with E-state index < -0.39 is 0 Å². The zero-order valence-corrected chi connectivity index (χ0v) is 15.7. The smallest absolute Gasteiger partial charge is 0.158 e. The maximum atomic E-state index is 8.85. The molecule has 1 rings (SSSR count). The van der Waals surface area contributed by atoms with Crippen LogP contribution in [0.25, 0.3) is 0 Å². The lowest BCUT2D eigenvalue weighted by Gasteiger charge is -2.25. The molecule has 0 unspecified atom stereocenters. The van der Waals surface area contributed by atoms with Crippen LogP contribution in [-0.4, -0.2) is 47.4 Å². The van der Waals surface area contributed by atoms with Crippen LogP contribution < -0.4 is 22.3 Å². The number of amidine groups is 1. The molecule has 0 aromatic rings. The van der Waals surface area contributed by atoms with Crippen molar-refractivity contribution in [1.29, 1.82) is 0 Å². The number of β-amino-alcohol motifs (C(OH)–C–C–N with tert-alkyl or cyclic N) is 1. The maximum Gasteiger partial charge on any atom is 0.158 e.